The Morgan fingerprint density at radius 1 is 1.17 bits per heavy atom. The normalized spacial score (nSPS) is 11.0. The zero-order chi connectivity index (χ0) is 24.2. The van der Waals surface area contributed by atoms with Crippen LogP contribution in [-0.2, 0) is 12.3 Å². The maximum atomic E-state index is 12.5. The number of carbonyl (C=O) groups excluding carboxylic acids is 1. The number of carbonyl (C=O) groups is 1. The number of furan rings is 1. The maximum Gasteiger partial charge on any atom is 0.271 e. The minimum Gasteiger partial charge on any atom is -0.461 e. The zero-order valence-corrected chi connectivity index (χ0v) is 21.0. The third-order valence-electron chi connectivity index (χ3n) is 4.81. The molecule has 0 bridgehead atoms. The van der Waals surface area contributed by atoms with Crippen LogP contribution in [0.2, 0.25) is 10.0 Å². The molecular formula is C23H16Cl2N6O2S2. The smallest absolute Gasteiger partial charge is 0.271 e. The van der Waals surface area contributed by atoms with E-state index in [9.17, 15) is 4.79 Å². The highest BCUT2D eigenvalue weighted by molar-refractivity contribution is 7.98. The lowest BCUT2D eigenvalue weighted by atomic mass is 10.3. The van der Waals surface area contributed by atoms with Gasteiger partial charge in [0.15, 0.2) is 10.9 Å². The maximum absolute atomic E-state index is 12.5. The molecule has 8 nitrogen and oxygen atoms in total. The predicted molar refractivity (Wildman–Crippen MR) is 136 cm³/mol. The Morgan fingerprint density at radius 3 is 2.86 bits per heavy atom. The summed E-state index contributed by atoms with van der Waals surface area (Å²) in [6.07, 6.45) is 4.97. The molecule has 4 heterocycles. The van der Waals surface area contributed by atoms with E-state index in [0.717, 1.165) is 10.6 Å². The van der Waals surface area contributed by atoms with E-state index in [0.29, 0.717) is 50.5 Å². The molecule has 0 aliphatic carbocycles. The van der Waals surface area contributed by atoms with E-state index in [1.54, 1.807) is 54.4 Å². The van der Waals surface area contributed by atoms with Crippen molar-refractivity contribution >= 4 is 52.2 Å². The number of nitrogens with zero attached hydrogens (tertiary/aromatic N) is 5. The summed E-state index contributed by atoms with van der Waals surface area (Å²) in [6, 6.07) is 12.5. The van der Waals surface area contributed by atoms with Gasteiger partial charge in [0.05, 0.1) is 22.7 Å². The van der Waals surface area contributed by atoms with Crippen LogP contribution >= 0.6 is 46.3 Å². The van der Waals surface area contributed by atoms with Crippen LogP contribution in [0.25, 0.3) is 17.3 Å². The largest absolute Gasteiger partial charge is 0.461 e. The molecule has 1 N–H and O–H groups in total. The Hall–Kier alpha value is -3.18. The van der Waals surface area contributed by atoms with Gasteiger partial charge in [0.25, 0.3) is 5.91 Å². The van der Waals surface area contributed by atoms with Gasteiger partial charge >= 0.3 is 0 Å². The molecule has 0 unspecified atom stereocenters. The molecule has 1 amide bonds. The molecule has 35 heavy (non-hydrogen) atoms. The molecule has 0 aliphatic rings. The number of nitrogens with one attached hydrogen (secondary N) is 1. The fraction of sp³-hybridized carbons (Fsp3) is 0.0870. The zero-order valence-electron chi connectivity index (χ0n) is 17.9. The average molecular weight is 543 g/mol. The number of thioether (sulfide) groups is 1. The van der Waals surface area contributed by atoms with Crippen LogP contribution in [-0.4, -0.2) is 30.6 Å². The van der Waals surface area contributed by atoms with Crippen LogP contribution in [0.1, 0.15) is 21.1 Å². The van der Waals surface area contributed by atoms with Crippen molar-refractivity contribution in [3.63, 3.8) is 0 Å². The number of hydrogen-bond acceptors (Lipinski definition) is 8. The summed E-state index contributed by atoms with van der Waals surface area (Å²) in [5.74, 6) is 1.31. The van der Waals surface area contributed by atoms with Gasteiger partial charge in [-0.3, -0.25) is 14.3 Å². The number of hydrogen-bond donors (Lipinski definition) is 1. The van der Waals surface area contributed by atoms with Crippen molar-refractivity contribution in [3.05, 3.63) is 92.8 Å². The second-order valence-corrected chi connectivity index (χ2v) is 9.90. The molecule has 12 heteroatoms. The second-order valence-electron chi connectivity index (χ2n) is 7.17. The molecule has 4 aromatic heterocycles. The number of rotatable bonds is 8. The van der Waals surface area contributed by atoms with Gasteiger partial charge in [0, 0.05) is 29.3 Å². The highest BCUT2D eigenvalue weighted by Crippen LogP contribution is 2.34. The Bertz CT molecular complexity index is 1450. The van der Waals surface area contributed by atoms with Crippen molar-refractivity contribution in [1.29, 1.82) is 0 Å². The van der Waals surface area contributed by atoms with Gasteiger partial charge in [-0.05, 0) is 42.0 Å². The van der Waals surface area contributed by atoms with Crippen LogP contribution in [0.3, 0.4) is 0 Å². The molecule has 5 aromatic rings. The first-order valence-electron chi connectivity index (χ1n) is 10.3. The van der Waals surface area contributed by atoms with E-state index in [1.807, 2.05) is 16.7 Å². The number of halogens is 2. The molecule has 0 atom stereocenters. The highest BCUT2D eigenvalue weighted by atomic mass is 35.5. The number of benzene rings is 1. The van der Waals surface area contributed by atoms with E-state index >= 15 is 0 Å². The van der Waals surface area contributed by atoms with E-state index in [2.05, 4.69) is 25.5 Å². The summed E-state index contributed by atoms with van der Waals surface area (Å²) in [4.78, 5) is 21.0. The second kappa shape index (κ2) is 10.6. The van der Waals surface area contributed by atoms with E-state index in [1.165, 1.54) is 23.1 Å². The minimum absolute atomic E-state index is 0.238. The van der Waals surface area contributed by atoms with Crippen molar-refractivity contribution < 1.29 is 9.21 Å². The lowest BCUT2D eigenvalue weighted by Gasteiger charge is -2.11. The molecule has 0 fully saturated rings. The lowest BCUT2D eigenvalue weighted by molar-refractivity contribution is 0.0946. The first-order valence-corrected chi connectivity index (χ1v) is 12.9. The highest BCUT2D eigenvalue weighted by Gasteiger charge is 2.21. The van der Waals surface area contributed by atoms with Gasteiger partial charge in [-0.25, -0.2) is 4.98 Å². The molecule has 0 saturated heterocycles. The van der Waals surface area contributed by atoms with Crippen LogP contribution in [0, 0.1) is 0 Å². The van der Waals surface area contributed by atoms with Crippen LogP contribution < -0.4 is 5.32 Å². The fourth-order valence-electron chi connectivity index (χ4n) is 3.19. The van der Waals surface area contributed by atoms with Crippen LogP contribution in [0.15, 0.2) is 76.1 Å². The van der Waals surface area contributed by atoms with Gasteiger partial charge in [0.2, 0.25) is 5.82 Å². The fourth-order valence-corrected chi connectivity index (χ4v) is 5.42. The average Bonchev–Trinajstić information content (AvgIpc) is 3.63. The monoisotopic (exact) mass is 542 g/mol. The van der Waals surface area contributed by atoms with Crippen LogP contribution in [0.5, 0.6) is 0 Å². The van der Waals surface area contributed by atoms with Crippen molar-refractivity contribution in [2.45, 2.75) is 17.5 Å². The first-order chi connectivity index (χ1) is 17.1. The van der Waals surface area contributed by atoms with Gasteiger partial charge in [-0.2, -0.15) is 0 Å². The number of pyridine rings is 1. The SMILES string of the molecule is O=C(NCc1cccnc1)c1csc(CSc2nnc(-c3ccco3)n2-c2ccc(Cl)cc2Cl)n1. The Labute approximate surface area is 218 Å². The molecule has 0 radical (unpaired) electrons. The molecule has 176 valence electrons. The van der Waals surface area contributed by atoms with Crippen LogP contribution in [0.4, 0.5) is 0 Å². The van der Waals surface area contributed by atoms with Crippen molar-refractivity contribution in [2.75, 3.05) is 0 Å². The first kappa shape index (κ1) is 23.6. The summed E-state index contributed by atoms with van der Waals surface area (Å²) < 4.78 is 7.36. The molecule has 5 rings (SSSR count). The number of aromatic nitrogens is 5. The Morgan fingerprint density at radius 2 is 2.09 bits per heavy atom. The van der Waals surface area contributed by atoms with Gasteiger partial charge < -0.3 is 9.73 Å². The Balaban J connectivity index is 1.33. The number of thiazole rings is 1. The van der Waals surface area contributed by atoms with Crippen molar-refractivity contribution in [2.24, 2.45) is 0 Å². The van der Waals surface area contributed by atoms with Gasteiger partial charge in [0.1, 0.15) is 10.7 Å². The van der Waals surface area contributed by atoms with Crippen molar-refractivity contribution in [1.82, 2.24) is 30.0 Å². The molecule has 0 aliphatic heterocycles. The summed E-state index contributed by atoms with van der Waals surface area (Å²) in [7, 11) is 0. The molecular weight excluding hydrogens is 527 g/mol. The third kappa shape index (κ3) is 5.40. The van der Waals surface area contributed by atoms with Gasteiger partial charge in [-0.15, -0.1) is 21.5 Å². The summed E-state index contributed by atoms with van der Waals surface area (Å²) in [5.41, 5.74) is 1.96. The Kier molecular flexibility index (Phi) is 7.14. The van der Waals surface area contributed by atoms with E-state index in [-0.39, 0.29) is 5.91 Å². The van der Waals surface area contributed by atoms with Crippen molar-refractivity contribution in [3.8, 4) is 17.3 Å². The predicted octanol–water partition coefficient (Wildman–Crippen LogP) is 5.91. The van der Waals surface area contributed by atoms with E-state index in [4.69, 9.17) is 27.6 Å². The summed E-state index contributed by atoms with van der Waals surface area (Å²) in [5, 5.41) is 15.6. The summed E-state index contributed by atoms with van der Waals surface area (Å²) >= 11 is 15.4. The number of amides is 1. The lowest BCUT2D eigenvalue weighted by Crippen LogP contribution is -2.23. The van der Waals surface area contributed by atoms with Gasteiger partial charge in [-0.1, -0.05) is 41.0 Å². The molecule has 1 aromatic carbocycles. The third-order valence-corrected chi connectivity index (χ3v) is 7.32. The van der Waals surface area contributed by atoms with E-state index < -0.39 is 0 Å². The molecule has 0 spiro atoms. The topological polar surface area (TPSA) is 98.7 Å². The standard InChI is InChI=1S/C23H16Cl2N6O2S2/c24-15-5-6-18(16(25)9-15)31-21(19-4-2-8-33-19)29-30-23(31)35-13-20-28-17(12-34-20)22(32)27-11-14-3-1-7-26-10-14/h1-10,12H,11,13H2,(H,27,32). The molecule has 0 saturated carbocycles. The minimum atomic E-state index is -0.238. The quantitative estimate of drug-likeness (QED) is 0.243. The summed E-state index contributed by atoms with van der Waals surface area (Å²) in [6.45, 7) is 0.384.